The fraction of sp³-hybridized carbons (Fsp3) is 0.765. The molecule has 0 radical (unpaired) electrons. The molecule has 3 aliphatic rings. The molecule has 6 heteroatoms. The van der Waals surface area contributed by atoms with E-state index in [1.807, 2.05) is 0 Å². The zero-order valence-electron chi connectivity index (χ0n) is 13.9. The van der Waals surface area contributed by atoms with Gasteiger partial charge in [-0.1, -0.05) is 0 Å². The molecule has 3 heterocycles. The highest BCUT2D eigenvalue weighted by Crippen LogP contribution is 2.26. The maximum absolute atomic E-state index is 5.59. The first kappa shape index (κ1) is 15.3. The Morgan fingerprint density at radius 3 is 2.74 bits per heavy atom. The van der Waals surface area contributed by atoms with Gasteiger partial charge in [0.1, 0.15) is 0 Å². The monoisotopic (exact) mass is 318 g/mol. The largest absolute Gasteiger partial charge is 0.379 e. The number of rotatable bonds is 4. The van der Waals surface area contributed by atoms with Crippen molar-refractivity contribution in [1.29, 1.82) is 0 Å². The Bertz CT molecular complexity index is 539. The lowest BCUT2D eigenvalue weighted by Crippen LogP contribution is -2.59. The summed E-state index contributed by atoms with van der Waals surface area (Å²) in [5, 5.41) is 8.81. The Morgan fingerprint density at radius 2 is 1.96 bits per heavy atom. The topological polar surface area (TPSA) is 50.7 Å². The Hall–Kier alpha value is -1.24. The summed E-state index contributed by atoms with van der Waals surface area (Å²) in [6, 6.07) is 2.84. The van der Waals surface area contributed by atoms with Gasteiger partial charge in [0.25, 0.3) is 0 Å². The van der Waals surface area contributed by atoms with E-state index < -0.39 is 0 Å². The molecule has 0 amide bonds. The Morgan fingerprint density at radius 1 is 1.17 bits per heavy atom. The van der Waals surface area contributed by atoms with Gasteiger partial charge in [-0.15, -0.1) is 5.10 Å². The third-order valence-electron chi connectivity index (χ3n) is 5.24. The van der Waals surface area contributed by atoms with Crippen LogP contribution in [0.1, 0.15) is 17.7 Å². The highest BCUT2D eigenvalue weighted by Gasteiger charge is 2.32. The highest BCUT2D eigenvalue weighted by atomic mass is 16.5. The lowest BCUT2D eigenvalue weighted by Gasteiger charge is -2.45. The molecule has 6 nitrogen and oxygen atoms in total. The van der Waals surface area contributed by atoms with Crippen molar-refractivity contribution in [2.24, 2.45) is 5.92 Å². The molecule has 1 aromatic rings. The molecule has 1 aliphatic carbocycles. The van der Waals surface area contributed by atoms with Crippen LogP contribution in [-0.2, 0) is 22.3 Å². The van der Waals surface area contributed by atoms with Gasteiger partial charge in [-0.2, -0.15) is 5.10 Å². The van der Waals surface area contributed by atoms with Crippen molar-refractivity contribution >= 4 is 5.82 Å². The van der Waals surface area contributed by atoms with Crippen LogP contribution in [0.15, 0.2) is 6.07 Å². The molecule has 1 aromatic heterocycles. The quantitative estimate of drug-likeness (QED) is 0.816. The summed E-state index contributed by atoms with van der Waals surface area (Å²) < 4.78 is 11.2. The van der Waals surface area contributed by atoms with Gasteiger partial charge in [0.05, 0.1) is 32.1 Å². The van der Waals surface area contributed by atoms with E-state index in [-0.39, 0.29) is 0 Å². The van der Waals surface area contributed by atoms with E-state index in [2.05, 4.69) is 33.1 Å². The normalized spacial score (nSPS) is 23.0. The van der Waals surface area contributed by atoms with Gasteiger partial charge in [-0.25, -0.2) is 0 Å². The van der Waals surface area contributed by atoms with Crippen LogP contribution in [-0.4, -0.2) is 74.2 Å². The number of ether oxygens (including phenoxy) is 2. The summed E-state index contributed by atoms with van der Waals surface area (Å²) in [6.07, 6.45) is 3.49. The van der Waals surface area contributed by atoms with Crippen LogP contribution in [0.4, 0.5) is 5.82 Å². The lowest BCUT2D eigenvalue weighted by atomic mass is 10.0. The van der Waals surface area contributed by atoms with E-state index in [1.54, 1.807) is 0 Å². The van der Waals surface area contributed by atoms with Crippen molar-refractivity contribution in [2.75, 3.05) is 58.0 Å². The molecular weight excluding hydrogens is 292 g/mol. The van der Waals surface area contributed by atoms with E-state index in [4.69, 9.17) is 9.47 Å². The zero-order chi connectivity index (χ0) is 15.6. The number of aromatic nitrogens is 2. The maximum Gasteiger partial charge on any atom is 0.151 e. The Kier molecular flexibility index (Phi) is 4.46. The number of likely N-dealkylation sites (N-methyl/N-ethyl adjacent to an activating group) is 1. The molecule has 0 N–H and O–H groups in total. The average molecular weight is 318 g/mol. The van der Waals surface area contributed by atoms with E-state index in [0.29, 0.717) is 12.0 Å². The highest BCUT2D eigenvalue weighted by molar-refractivity contribution is 5.45. The summed E-state index contributed by atoms with van der Waals surface area (Å²) in [5.74, 6) is 1.53. The second-order valence-electron chi connectivity index (χ2n) is 7.04. The molecular formula is C17H26N4O2. The van der Waals surface area contributed by atoms with Crippen molar-refractivity contribution in [3.05, 3.63) is 17.3 Å². The van der Waals surface area contributed by atoms with Gasteiger partial charge in [-0.05, 0) is 37.9 Å². The fourth-order valence-corrected chi connectivity index (χ4v) is 3.72. The van der Waals surface area contributed by atoms with E-state index in [0.717, 1.165) is 64.7 Å². The molecule has 126 valence electrons. The molecule has 0 atom stereocenters. The van der Waals surface area contributed by atoms with Crippen molar-refractivity contribution in [3.63, 3.8) is 0 Å². The second-order valence-corrected chi connectivity index (χ2v) is 7.04. The molecule has 0 aromatic carbocycles. The number of fused-ring (bicyclic) bond motifs is 1. The van der Waals surface area contributed by atoms with Crippen LogP contribution in [0.5, 0.6) is 0 Å². The molecule has 2 aliphatic heterocycles. The van der Waals surface area contributed by atoms with Crippen molar-refractivity contribution in [1.82, 2.24) is 15.1 Å². The minimum absolute atomic E-state index is 0.483. The Balaban J connectivity index is 1.28. The number of nitrogens with zero attached hydrogens (tertiary/aromatic N) is 4. The average Bonchev–Trinajstić information content (AvgIpc) is 2.82. The first-order chi connectivity index (χ1) is 11.3. The summed E-state index contributed by atoms with van der Waals surface area (Å²) in [7, 11) is 2.21. The minimum Gasteiger partial charge on any atom is -0.379 e. The summed E-state index contributed by atoms with van der Waals surface area (Å²) in [6.45, 7) is 6.21. The lowest BCUT2D eigenvalue weighted by molar-refractivity contribution is 0.0917. The van der Waals surface area contributed by atoms with Gasteiger partial charge in [-0.3, -0.25) is 4.90 Å². The number of aryl methyl sites for hydroxylation is 2. The van der Waals surface area contributed by atoms with Gasteiger partial charge in [0.15, 0.2) is 5.82 Å². The molecule has 2 saturated heterocycles. The number of hydrogen-bond acceptors (Lipinski definition) is 6. The molecule has 23 heavy (non-hydrogen) atoms. The molecule has 0 spiro atoms. The smallest absolute Gasteiger partial charge is 0.151 e. The summed E-state index contributed by atoms with van der Waals surface area (Å²) in [5.41, 5.74) is 2.61. The number of hydrogen-bond donors (Lipinski definition) is 0. The van der Waals surface area contributed by atoms with Gasteiger partial charge in [0, 0.05) is 31.6 Å². The molecule has 0 saturated carbocycles. The summed E-state index contributed by atoms with van der Waals surface area (Å²) in [4.78, 5) is 4.78. The van der Waals surface area contributed by atoms with Gasteiger partial charge >= 0.3 is 0 Å². The third kappa shape index (κ3) is 3.34. The summed E-state index contributed by atoms with van der Waals surface area (Å²) >= 11 is 0. The van der Waals surface area contributed by atoms with Crippen molar-refractivity contribution in [3.8, 4) is 0 Å². The van der Waals surface area contributed by atoms with Crippen LogP contribution < -0.4 is 4.90 Å². The molecule has 4 rings (SSSR count). The van der Waals surface area contributed by atoms with Crippen LogP contribution in [0.25, 0.3) is 0 Å². The third-order valence-corrected chi connectivity index (χ3v) is 5.24. The second kappa shape index (κ2) is 6.71. The molecule has 0 bridgehead atoms. The van der Waals surface area contributed by atoms with E-state index in [9.17, 15) is 0 Å². The minimum atomic E-state index is 0.483. The van der Waals surface area contributed by atoms with E-state index in [1.165, 1.54) is 17.7 Å². The fourth-order valence-electron chi connectivity index (χ4n) is 3.72. The van der Waals surface area contributed by atoms with Crippen LogP contribution in [0.2, 0.25) is 0 Å². The maximum atomic E-state index is 5.59. The first-order valence-corrected chi connectivity index (χ1v) is 8.76. The standard InChI is InChI=1S/C17H26N4O2/c1-20(8-13-11-22-5-6-23-12-13)15-9-21(10-15)17-7-14-3-2-4-16(14)18-19-17/h7,13,15H,2-6,8-12H2,1H3. The van der Waals surface area contributed by atoms with Crippen molar-refractivity contribution in [2.45, 2.75) is 25.3 Å². The molecule has 0 unspecified atom stereocenters. The SMILES string of the molecule is CN(CC1COCCOC1)C1CN(c2cc3c(nn2)CCC3)C1. The van der Waals surface area contributed by atoms with Gasteiger partial charge in [0.2, 0.25) is 0 Å². The van der Waals surface area contributed by atoms with Crippen LogP contribution in [0, 0.1) is 5.92 Å². The predicted octanol–water partition coefficient (Wildman–Crippen LogP) is 0.749. The zero-order valence-corrected chi connectivity index (χ0v) is 13.9. The predicted molar refractivity (Wildman–Crippen MR) is 87.8 cm³/mol. The Labute approximate surface area is 137 Å². The first-order valence-electron chi connectivity index (χ1n) is 8.76. The molecule has 2 fully saturated rings. The van der Waals surface area contributed by atoms with Gasteiger partial charge < -0.3 is 14.4 Å². The van der Waals surface area contributed by atoms with E-state index >= 15 is 0 Å². The van der Waals surface area contributed by atoms with Crippen molar-refractivity contribution < 1.29 is 9.47 Å². The van der Waals surface area contributed by atoms with Crippen LogP contribution >= 0.6 is 0 Å². The number of anilines is 1. The van der Waals surface area contributed by atoms with Crippen LogP contribution in [0.3, 0.4) is 0 Å².